The van der Waals surface area contributed by atoms with Crippen molar-refractivity contribution in [3.63, 3.8) is 0 Å². The van der Waals surface area contributed by atoms with Crippen molar-refractivity contribution in [1.29, 1.82) is 0 Å². The van der Waals surface area contributed by atoms with Crippen LogP contribution >= 0.6 is 0 Å². The minimum absolute atomic E-state index is 0.0417. The van der Waals surface area contributed by atoms with Gasteiger partial charge in [-0.3, -0.25) is 14.2 Å². The van der Waals surface area contributed by atoms with Crippen molar-refractivity contribution in [2.75, 3.05) is 47.9 Å². The van der Waals surface area contributed by atoms with Gasteiger partial charge in [-0.2, -0.15) is 0 Å². The fourth-order valence-corrected chi connectivity index (χ4v) is 4.25. The van der Waals surface area contributed by atoms with Gasteiger partial charge >= 0.3 is 0 Å². The first-order valence-electron chi connectivity index (χ1n) is 11.6. The third-order valence-electron chi connectivity index (χ3n) is 6.04. The second-order valence-electron chi connectivity index (χ2n) is 8.84. The summed E-state index contributed by atoms with van der Waals surface area (Å²) in [5, 5.41) is 0. The molecular formula is C27H31N5O3. The number of benzene rings is 1. The zero-order valence-electron chi connectivity index (χ0n) is 20.9. The van der Waals surface area contributed by atoms with E-state index in [9.17, 15) is 4.79 Å². The van der Waals surface area contributed by atoms with Crippen molar-refractivity contribution in [3.8, 4) is 23.3 Å². The maximum Gasteiger partial charge on any atom is 0.246 e. The molecule has 182 valence electrons. The lowest BCUT2D eigenvalue weighted by Crippen LogP contribution is -2.27. The van der Waals surface area contributed by atoms with E-state index in [0.717, 1.165) is 35.6 Å². The van der Waals surface area contributed by atoms with Gasteiger partial charge in [0.25, 0.3) is 0 Å². The Balaban J connectivity index is 1.63. The van der Waals surface area contributed by atoms with Crippen molar-refractivity contribution >= 4 is 11.4 Å². The number of methoxy groups -OCH3 is 2. The zero-order valence-corrected chi connectivity index (χ0v) is 20.9. The molecule has 0 bridgehead atoms. The SMILES string of the molecule is COc1cc(C#Cc2nc(C3CCN(C(=O)/C=C/CN(C)C)C3)n3ccnc(C)c23)cc(OC)c1. The van der Waals surface area contributed by atoms with E-state index in [1.54, 1.807) is 26.5 Å². The van der Waals surface area contributed by atoms with Crippen LogP contribution in [0.1, 0.15) is 35.1 Å². The van der Waals surface area contributed by atoms with Gasteiger partial charge in [-0.15, -0.1) is 0 Å². The fourth-order valence-electron chi connectivity index (χ4n) is 4.25. The summed E-state index contributed by atoms with van der Waals surface area (Å²) >= 11 is 0. The van der Waals surface area contributed by atoms with Crippen molar-refractivity contribution in [1.82, 2.24) is 24.2 Å². The maximum atomic E-state index is 12.6. The topological polar surface area (TPSA) is 72.2 Å². The number of aromatic nitrogens is 3. The lowest BCUT2D eigenvalue weighted by Gasteiger charge is -2.14. The van der Waals surface area contributed by atoms with Crippen LogP contribution in [0, 0.1) is 18.8 Å². The van der Waals surface area contributed by atoms with E-state index in [0.29, 0.717) is 30.3 Å². The molecule has 1 aliphatic heterocycles. The van der Waals surface area contributed by atoms with E-state index in [1.165, 1.54) is 0 Å². The van der Waals surface area contributed by atoms with Crippen molar-refractivity contribution < 1.29 is 14.3 Å². The number of likely N-dealkylation sites (N-methyl/N-ethyl adjacent to an activating group) is 1. The molecule has 0 saturated carbocycles. The first kappa shape index (κ1) is 24.3. The molecule has 0 radical (unpaired) electrons. The van der Waals surface area contributed by atoms with E-state index in [2.05, 4.69) is 21.2 Å². The Morgan fingerprint density at radius 3 is 2.63 bits per heavy atom. The van der Waals surface area contributed by atoms with Gasteiger partial charge in [0, 0.05) is 55.7 Å². The van der Waals surface area contributed by atoms with Gasteiger partial charge in [0.15, 0.2) is 0 Å². The van der Waals surface area contributed by atoms with Gasteiger partial charge in [-0.25, -0.2) is 4.98 Å². The molecule has 1 fully saturated rings. The summed E-state index contributed by atoms with van der Waals surface area (Å²) in [5.41, 5.74) is 3.19. The molecule has 0 aliphatic carbocycles. The van der Waals surface area contributed by atoms with Crippen LogP contribution in [0.4, 0.5) is 0 Å². The normalized spacial score (nSPS) is 15.6. The molecule has 0 spiro atoms. The molecule has 8 nitrogen and oxygen atoms in total. The highest BCUT2D eigenvalue weighted by atomic mass is 16.5. The number of rotatable bonds is 6. The minimum Gasteiger partial charge on any atom is -0.497 e. The van der Waals surface area contributed by atoms with Gasteiger partial charge in [0.05, 0.1) is 19.9 Å². The molecule has 3 heterocycles. The molecule has 1 amide bonds. The zero-order chi connectivity index (χ0) is 24.9. The number of carbonyl (C=O) groups excluding carboxylic acids is 1. The lowest BCUT2D eigenvalue weighted by molar-refractivity contribution is -0.125. The van der Waals surface area contributed by atoms with Crippen LogP contribution in [-0.2, 0) is 4.79 Å². The quantitative estimate of drug-likeness (QED) is 0.405. The Morgan fingerprint density at radius 2 is 1.94 bits per heavy atom. The summed E-state index contributed by atoms with van der Waals surface area (Å²) < 4.78 is 12.8. The Kier molecular flexibility index (Phi) is 7.37. The molecular weight excluding hydrogens is 442 g/mol. The van der Waals surface area contributed by atoms with Crippen LogP contribution in [0.5, 0.6) is 11.5 Å². The van der Waals surface area contributed by atoms with Gasteiger partial charge in [-0.1, -0.05) is 12.0 Å². The molecule has 8 heteroatoms. The summed E-state index contributed by atoms with van der Waals surface area (Å²) in [6, 6.07) is 5.54. The van der Waals surface area contributed by atoms with Crippen LogP contribution < -0.4 is 9.47 Å². The standard InChI is InChI=1S/C27H31N5O3/c1-19-26-24(9-8-20-15-22(34-4)17-23(16-20)35-5)29-27(32(26)14-11-28-19)21-10-13-31(18-21)25(33)7-6-12-30(2)3/h6-7,11,14-17,21H,10,12-13,18H2,1-5H3/b7-6+. The van der Waals surface area contributed by atoms with Crippen LogP contribution in [0.2, 0.25) is 0 Å². The number of amides is 1. The van der Waals surface area contributed by atoms with Gasteiger partial charge < -0.3 is 19.3 Å². The first-order valence-corrected chi connectivity index (χ1v) is 11.6. The van der Waals surface area contributed by atoms with Gasteiger partial charge in [0.1, 0.15) is 28.5 Å². The van der Waals surface area contributed by atoms with Crippen LogP contribution in [0.15, 0.2) is 42.7 Å². The van der Waals surface area contributed by atoms with Gasteiger partial charge in [-0.05, 0) is 45.5 Å². The Labute approximate surface area is 206 Å². The molecule has 1 unspecified atom stereocenters. The Hall–Kier alpha value is -3.83. The number of fused-ring (bicyclic) bond motifs is 1. The average Bonchev–Trinajstić information content (AvgIpc) is 3.48. The van der Waals surface area contributed by atoms with Crippen molar-refractivity contribution in [2.45, 2.75) is 19.3 Å². The molecule has 0 N–H and O–H groups in total. The van der Waals surface area contributed by atoms with Crippen LogP contribution in [0.25, 0.3) is 5.52 Å². The second kappa shape index (κ2) is 10.6. The lowest BCUT2D eigenvalue weighted by atomic mass is 10.1. The number of imidazole rings is 1. The summed E-state index contributed by atoms with van der Waals surface area (Å²) in [5.74, 6) is 8.87. The molecule has 1 aliphatic rings. The molecule has 2 aromatic heterocycles. The monoisotopic (exact) mass is 473 g/mol. The number of likely N-dealkylation sites (tertiary alicyclic amines) is 1. The number of nitrogens with zero attached hydrogens (tertiary/aromatic N) is 5. The maximum absolute atomic E-state index is 12.6. The molecule has 1 saturated heterocycles. The molecule has 4 rings (SSSR count). The number of hydrogen-bond acceptors (Lipinski definition) is 6. The second-order valence-corrected chi connectivity index (χ2v) is 8.84. The number of aryl methyl sites for hydroxylation is 1. The summed E-state index contributed by atoms with van der Waals surface area (Å²) in [4.78, 5) is 25.9. The van der Waals surface area contributed by atoms with Crippen molar-refractivity contribution in [3.05, 3.63) is 65.5 Å². The summed E-state index contributed by atoms with van der Waals surface area (Å²) in [6.45, 7) is 4.03. The van der Waals surface area contributed by atoms with Crippen LogP contribution in [-0.4, -0.2) is 78.0 Å². The Bertz CT molecular complexity index is 1290. The van der Waals surface area contributed by atoms with Crippen molar-refractivity contribution in [2.24, 2.45) is 0 Å². The van der Waals surface area contributed by atoms with Gasteiger partial charge in [0.2, 0.25) is 5.91 Å². The Morgan fingerprint density at radius 1 is 1.20 bits per heavy atom. The van der Waals surface area contributed by atoms with E-state index < -0.39 is 0 Å². The average molecular weight is 474 g/mol. The third kappa shape index (κ3) is 5.47. The largest absolute Gasteiger partial charge is 0.497 e. The molecule has 3 aromatic rings. The van der Waals surface area contributed by atoms with E-state index in [-0.39, 0.29) is 11.8 Å². The minimum atomic E-state index is 0.0417. The summed E-state index contributed by atoms with van der Waals surface area (Å²) in [6.07, 6.45) is 8.12. The molecule has 1 atom stereocenters. The summed E-state index contributed by atoms with van der Waals surface area (Å²) in [7, 11) is 7.19. The number of ether oxygens (including phenoxy) is 2. The molecule has 35 heavy (non-hydrogen) atoms. The third-order valence-corrected chi connectivity index (χ3v) is 6.04. The smallest absolute Gasteiger partial charge is 0.246 e. The highest BCUT2D eigenvalue weighted by Gasteiger charge is 2.30. The predicted octanol–water partition coefficient (Wildman–Crippen LogP) is 2.89. The number of hydrogen-bond donors (Lipinski definition) is 0. The highest BCUT2D eigenvalue weighted by Crippen LogP contribution is 2.29. The van der Waals surface area contributed by atoms with E-state index >= 15 is 0 Å². The molecule has 1 aromatic carbocycles. The van der Waals surface area contributed by atoms with E-state index in [1.807, 2.05) is 61.3 Å². The number of carbonyl (C=O) groups is 1. The first-order chi connectivity index (χ1) is 16.9. The predicted molar refractivity (Wildman–Crippen MR) is 135 cm³/mol. The van der Waals surface area contributed by atoms with E-state index in [4.69, 9.17) is 14.5 Å². The van der Waals surface area contributed by atoms with Crippen LogP contribution in [0.3, 0.4) is 0 Å². The highest BCUT2D eigenvalue weighted by molar-refractivity contribution is 5.87. The fraction of sp³-hybridized carbons (Fsp3) is 0.370.